The number of nitrogens with one attached hydrogen (secondary N) is 2. The molecule has 0 aliphatic carbocycles. The molecule has 134 valence electrons. The molecule has 0 aliphatic rings. The quantitative estimate of drug-likeness (QED) is 0.805. The summed E-state index contributed by atoms with van der Waals surface area (Å²) in [6, 6.07) is 16.6. The molecule has 0 spiro atoms. The van der Waals surface area contributed by atoms with Crippen LogP contribution < -0.4 is 15.4 Å². The predicted octanol–water partition coefficient (Wildman–Crippen LogP) is 3.75. The van der Waals surface area contributed by atoms with Crippen LogP contribution in [0.2, 0.25) is 0 Å². The average Bonchev–Trinajstić information content (AvgIpc) is 2.60. The monoisotopic (exact) mass is 367 g/mol. The van der Waals surface area contributed by atoms with Gasteiger partial charge in [0.25, 0.3) is 5.91 Å². The molecule has 0 atom stereocenters. The van der Waals surface area contributed by atoms with E-state index >= 15 is 0 Å². The Kier molecular flexibility index (Phi) is 6.31. The van der Waals surface area contributed by atoms with Gasteiger partial charge < -0.3 is 10.1 Å². The number of nitrogens with zero attached hydrogens (tertiary/aromatic N) is 1. The molecule has 5 nitrogen and oxygen atoms in total. The molecule has 0 heterocycles. The van der Waals surface area contributed by atoms with Crippen molar-refractivity contribution in [3.63, 3.8) is 0 Å². The number of para-hydroxylation sites is 1. The Hall–Kier alpha value is -2.91. The van der Waals surface area contributed by atoms with Crippen LogP contribution in [-0.4, -0.2) is 17.6 Å². The molecule has 0 bridgehead atoms. The molecule has 6 heteroatoms. The minimum absolute atomic E-state index is 0.0630. The lowest BCUT2D eigenvalue weighted by Crippen LogP contribution is -2.37. The van der Waals surface area contributed by atoms with E-state index < -0.39 is 0 Å². The van der Waals surface area contributed by atoms with Crippen LogP contribution >= 0.6 is 12.2 Å². The molecule has 2 rings (SSSR count). The minimum atomic E-state index is -0.378. The molecule has 2 N–H and O–H groups in total. The van der Waals surface area contributed by atoms with Crippen molar-refractivity contribution in [3.05, 3.63) is 59.7 Å². The van der Waals surface area contributed by atoms with Crippen LogP contribution in [0.3, 0.4) is 0 Å². The first-order chi connectivity index (χ1) is 12.3. The molecule has 0 radical (unpaired) electrons. The number of thiocarbonyl (C=S) groups is 1. The smallest absolute Gasteiger partial charge is 0.264 e. The van der Waals surface area contributed by atoms with E-state index in [4.69, 9.17) is 22.2 Å². The molecule has 1 amide bonds. The Balaban J connectivity index is 1.85. The summed E-state index contributed by atoms with van der Waals surface area (Å²) in [5.74, 6) is 0.235. The van der Waals surface area contributed by atoms with E-state index in [0.29, 0.717) is 17.0 Å². The number of hydrogen-bond donors (Lipinski definition) is 2. The summed E-state index contributed by atoms with van der Waals surface area (Å²) in [4.78, 5) is 12.0. The molecule has 0 fully saturated rings. The van der Waals surface area contributed by atoms with E-state index in [-0.39, 0.29) is 23.0 Å². The van der Waals surface area contributed by atoms with Crippen LogP contribution in [0.15, 0.2) is 48.5 Å². The van der Waals surface area contributed by atoms with Gasteiger partial charge in [0.2, 0.25) is 0 Å². The lowest BCUT2D eigenvalue weighted by atomic mass is 9.87. The fourth-order valence-corrected chi connectivity index (χ4v) is 2.43. The highest BCUT2D eigenvalue weighted by atomic mass is 32.1. The number of benzene rings is 2. The fraction of sp³-hybridized carbons (Fsp3) is 0.250. The lowest BCUT2D eigenvalue weighted by molar-refractivity contribution is -0.121. The average molecular weight is 367 g/mol. The summed E-state index contributed by atoms with van der Waals surface area (Å²) in [7, 11) is 0. The maximum absolute atomic E-state index is 12.0. The molecule has 0 aromatic heterocycles. The van der Waals surface area contributed by atoms with Gasteiger partial charge in [0.05, 0.1) is 11.3 Å². The largest absolute Gasteiger partial charge is 0.484 e. The molecule has 0 saturated heterocycles. The number of carbonyl (C=O) groups is 1. The second-order valence-electron chi connectivity index (χ2n) is 6.72. The topological polar surface area (TPSA) is 74.2 Å². The number of anilines is 1. The van der Waals surface area contributed by atoms with Crippen LogP contribution in [0.4, 0.5) is 5.69 Å². The van der Waals surface area contributed by atoms with Gasteiger partial charge in [-0.1, -0.05) is 45.0 Å². The number of carbonyl (C=O) groups excluding carboxylic acids is 1. The van der Waals surface area contributed by atoms with Gasteiger partial charge in [-0.15, -0.1) is 0 Å². The van der Waals surface area contributed by atoms with E-state index in [9.17, 15) is 4.79 Å². The first-order valence-corrected chi connectivity index (χ1v) is 8.54. The standard InChI is InChI=1S/C20H21N3O2S/c1-20(2,3)15-8-10-16(11-9-15)25-13-18(24)23-19(26)22-17-7-5-4-6-14(17)12-21/h4-11H,13H2,1-3H3,(H2,22,23,24,26). The third-order valence-corrected chi connectivity index (χ3v) is 3.84. The van der Waals surface area contributed by atoms with E-state index in [1.807, 2.05) is 24.3 Å². The predicted molar refractivity (Wildman–Crippen MR) is 106 cm³/mol. The van der Waals surface area contributed by atoms with Gasteiger partial charge in [0, 0.05) is 0 Å². The maximum Gasteiger partial charge on any atom is 0.264 e. The Bertz CT molecular complexity index is 833. The minimum Gasteiger partial charge on any atom is -0.484 e. The second-order valence-corrected chi connectivity index (χ2v) is 7.13. The summed E-state index contributed by atoms with van der Waals surface area (Å²) in [6.07, 6.45) is 0. The fourth-order valence-electron chi connectivity index (χ4n) is 2.21. The van der Waals surface area contributed by atoms with Gasteiger partial charge in [0.1, 0.15) is 11.8 Å². The van der Waals surface area contributed by atoms with Gasteiger partial charge in [-0.2, -0.15) is 5.26 Å². The van der Waals surface area contributed by atoms with Crippen LogP contribution in [0, 0.1) is 11.3 Å². The third-order valence-electron chi connectivity index (χ3n) is 3.64. The number of ether oxygens (including phenoxy) is 1. The van der Waals surface area contributed by atoms with Crippen molar-refractivity contribution in [3.8, 4) is 11.8 Å². The highest BCUT2D eigenvalue weighted by Gasteiger charge is 2.13. The van der Waals surface area contributed by atoms with E-state index in [1.54, 1.807) is 24.3 Å². The SMILES string of the molecule is CC(C)(C)c1ccc(OCC(=O)NC(=S)Nc2ccccc2C#N)cc1. The van der Waals surface area contributed by atoms with Crippen LogP contribution in [-0.2, 0) is 10.2 Å². The molecule has 0 aliphatic heterocycles. The Labute approximate surface area is 159 Å². The van der Waals surface area contributed by atoms with Crippen LogP contribution in [0.5, 0.6) is 5.75 Å². The molecule has 26 heavy (non-hydrogen) atoms. The van der Waals surface area contributed by atoms with Gasteiger partial charge >= 0.3 is 0 Å². The second kappa shape index (κ2) is 8.45. The van der Waals surface area contributed by atoms with Crippen molar-refractivity contribution < 1.29 is 9.53 Å². The van der Waals surface area contributed by atoms with E-state index in [2.05, 4.69) is 37.5 Å². The van der Waals surface area contributed by atoms with Crippen molar-refractivity contribution in [2.24, 2.45) is 0 Å². The highest BCUT2D eigenvalue weighted by Crippen LogP contribution is 2.24. The van der Waals surface area contributed by atoms with Crippen molar-refractivity contribution in [1.82, 2.24) is 5.32 Å². The van der Waals surface area contributed by atoms with Crippen molar-refractivity contribution in [2.45, 2.75) is 26.2 Å². The van der Waals surface area contributed by atoms with Gasteiger partial charge in [-0.05, 0) is 47.5 Å². The summed E-state index contributed by atoms with van der Waals surface area (Å²) >= 11 is 5.10. The Morgan fingerprint density at radius 3 is 2.42 bits per heavy atom. The maximum atomic E-state index is 12.0. The zero-order valence-electron chi connectivity index (χ0n) is 15.0. The number of rotatable bonds is 4. The molecule has 0 saturated carbocycles. The molecule has 2 aromatic carbocycles. The van der Waals surface area contributed by atoms with E-state index in [1.165, 1.54) is 5.56 Å². The van der Waals surface area contributed by atoms with Gasteiger partial charge in [0.15, 0.2) is 11.7 Å². The molecule has 2 aromatic rings. The molecular weight excluding hydrogens is 346 g/mol. The first kappa shape index (κ1) is 19.4. The zero-order chi connectivity index (χ0) is 19.2. The summed E-state index contributed by atoms with van der Waals surface area (Å²) < 4.78 is 5.48. The summed E-state index contributed by atoms with van der Waals surface area (Å²) in [5.41, 5.74) is 2.24. The Morgan fingerprint density at radius 2 is 1.81 bits per heavy atom. The summed E-state index contributed by atoms with van der Waals surface area (Å²) in [6.45, 7) is 6.24. The van der Waals surface area contributed by atoms with Crippen molar-refractivity contribution >= 4 is 28.9 Å². The van der Waals surface area contributed by atoms with Gasteiger partial charge in [-0.3, -0.25) is 10.1 Å². The molecule has 0 unspecified atom stereocenters. The molecular formula is C20H21N3O2S. The Morgan fingerprint density at radius 1 is 1.15 bits per heavy atom. The normalized spacial score (nSPS) is 10.5. The van der Waals surface area contributed by atoms with Gasteiger partial charge in [-0.25, -0.2) is 0 Å². The number of nitriles is 1. The van der Waals surface area contributed by atoms with Crippen LogP contribution in [0.25, 0.3) is 0 Å². The van der Waals surface area contributed by atoms with E-state index in [0.717, 1.165) is 0 Å². The number of hydrogen-bond acceptors (Lipinski definition) is 4. The first-order valence-electron chi connectivity index (χ1n) is 8.13. The van der Waals surface area contributed by atoms with Crippen molar-refractivity contribution in [2.75, 3.05) is 11.9 Å². The lowest BCUT2D eigenvalue weighted by Gasteiger charge is -2.19. The van der Waals surface area contributed by atoms with Crippen LogP contribution in [0.1, 0.15) is 31.9 Å². The van der Waals surface area contributed by atoms with Crippen molar-refractivity contribution in [1.29, 1.82) is 5.26 Å². The number of amides is 1. The third kappa shape index (κ3) is 5.57. The summed E-state index contributed by atoms with van der Waals surface area (Å²) in [5, 5.41) is 14.5. The zero-order valence-corrected chi connectivity index (χ0v) is 15.8. The highest BCUT2D eigenvalue weighted by molar-refractivity contribution is 7.80.